The summed E-state index contributed by atoms with van der Waals surface area (Å²) >= 11 is 0. The fourth-order valence-corrected chi connectivity index (χ4v) is 2.42. The monoisotopic (exact) mass is 303 g/mol. The summed E-state index contributed by atoms with van der Waals surface area (Å²) in [4.78, 5) is 0. The van der Waals surface area contributed by atoms with Gasteiger partial charge < -0.3 is 10.1 Å². The first-order chi connectivity index (χ1) is 8.29. The molecule has 0 radical (unpaired) electrons. The van der Waals surface area contributed by atoms with Crippen LogP contribution < -0.4 is 10.1 Å². The number of ether oxygens (including phenoxy) is 1. The molecule has 6 heteroatoms. The Morgan fingerprint density at radius 3 is 2.95 bits per heavy atom. The molecule has 19 heavy (non-hydrogen) atoms. The normalized spacial score (nSPS) is 17.7. The molecule has 2 aromatic rings. The second-order valence-corrected chi connectivity index (χ2v) is 4.53. The van der Waals surface area contributed by atoms with Gasteiger partial charge in [-0.05, 0) is 18.6 Å². The van der Waals surface area contributed by atoms with E-state index in [1.165, 1.54) is 16.5 Å². The highest BCUT2D eigenvalue weighted by Crippen LogP contribution is 2.30. The fourth-order valence-electron chi connectivity index (χ4n) is 2.42. The van der Waals surface area contributed by atoms with E-state index >= 15 is 0 Å². The minimum atomic E-state index is 0. The van der Waals surface area contributed by atoms with Crippen LogP contribution in [0.2, 0.25) is 0 Å². The minimum Gasteiger partial charge on any atom is -0.489 e. The predicted octanol–water partition coefficient (Wildman–Crippen LogP) is 2.68. The first-order valence-electron chi connectivity index (χ1n) is 6.10. The Morgan fingerprint density at radius 2 is 2.21 bits per heavy atom. The Kier molecular flexibility index (Phi) is 5.47. The molecule has 0 saturated heterocycles. The van der Waals surface area contributed by atoms with Crippen LogP contribution >= 0.6 is 24.8 Å². The zero-order chi connectivity index (χ0) is 11.8. The van der Waals surface area contributed by atoms with Crippen molar-refractivity contribution in [2.45, 2.75) is 26.0 Å². The van der Waals surface area contributed by atoms with Crippen LogP contribution in [0.5, 0.6) is 5.75 Å². The molecule has 0 saturated carbocycles. The van der Waals surface area contributed by atoms with Crippen LogP contribution in [0.25, 0.3) is 10.9 Å². The summed E-state index contributed by atoms with van der Waals surface area (Å²) in [7, 11) is 1.98. The van der Waals surface area contributed by atoms with Gasteiger partial charge in [-0.1, -0.05) is 6.92 Å². The highest BCUT2D eigenvalue weighted by atomic mass is 35.5. The van der Waals surface area contributed by atoms with Gasteiger partial charge in [0.15, 0.2) is 0 Å². The van der Waals surface area contributed by atoms with Crippen molar-refractivity contribution in [3.05, 3.63) is 23.9 Å². The van der Waals surface area contributed by atoms with Crippen LogP contribution in [0.4, 0.5) is 0 Å². The number of hydrogen-bond acceptors (Lipinski definition) is 3. The number of nitrogens with one attached hydrogen (secondary N) is 1. The van der Waals surface area contributed by atoms with E-state index in [1.807, 2.05) is 17.9 Å². The minimum absolute atomic E-state index is 0. The first-order valence-corrected chi connectivity index (χ1v) is 6.10. The Labute approximate surface area is 125 Å². The van der Waals surface area contributed by atoms with Gasteiger partial charge in [-0.2, -0.15) is 5.10 Å². The third-order valence-electron chi connectivity index (χ3n) is 3.39. The quantitative estimate of drug-likeness (QED) is 0.880. The lowest BCUT2D eigenvalue weighted by atomic mass is 10.1. The second-order valence-electron chi connectivity index (χ2n) is 4.53. The van der Waals surface area contributed by atoms with Crippen LogP contribution in [-0.2, 0) is 13.6 Å². The average Bonchev–Trinajstić information content (AvgIpc) is 2.61. The van der Waals surface area contributed by atoms with Crippen LogP contribution in [0.1, 0.15) is 18.9 Å². The third kappa shape index (κ3) is 2.81. The van der Waals surface area contributed by atoms with Crippen molar-refractivity contribution in [3.8, 4) is 5.75 Å². The van der Waals surface area contributed by atoms with E-state index in [1.54, 1.807) is 0 Å². The molecule has 0 fully saturated rings. The number of hydrogen-bond donors (Lipinski definition) is 1. The number of aromatic nitrogens is 2. The highest BCUT2D eigenvalue weighted by molar-refractivity contribution is 5.86. The topological polar surface area (TPSA) is 39.1 Å². The van der Waals surface area contributed by atoms with Crippen molar-refractivity contribution >= 4 is 35.7 Å². The molecule has 1 aliphatic rings. The lowest BCUT2D eigenvalue weighted by molar-refractivity contribution is 0.202. The zero-order valence-corrected chi connectivity index (χ0v) is 12.7. The molecule has 106 valence electrons. The maximum Gasteiger partial charge on any atom is 0.126 e. The highest BCUT2D eigenvalue weighted by Gasteiger charge is 2.19. The molecule has 1 atom stereocenters. The van der Waals surface area contributed by atoms with E-state index in [-0.39, 0.29) is 30.9 Å². The maximum atomic E-state index is 6.03. The molecule has 0 amide bonds. The molecular weight excluding hydrogens is 285 g/mol. The van der Waals surface area contributed by atoms with Gasteiger partial charge in [0.1, 0.15) is 11.9 Å². The average molecular weight is 304 g/mol. The summed E-state index contributed by atoms with van der Waals surface area (Å²) < 4.78 is 7.96. The van der Waals surface area contributed by atoms with Gasteiger partial charge in [-0.3, -0.25) is 4.68 Å². The van der Waals surface area contributed by atoms with Crippen LogP contribution in [0.3, 0.4) is 0 Å². The van der Waals surface area contributed by atoms with Crippen molar-refractivity contribution < 1.29 is 4.74 Å². The largest absolute Gasteiger partial charge is 0.489 e. The summed E-state index contributed by atoms with van der Waals surface area (Å²) in [6, 6.07) is 4.15. The molecule has 0 unspecified atom stereocenters. The van der Waals surface area contributed by atoms with Gasteiger partial charge in [-0.15, -0.1) is 24.8 Å². The van der Waals surface area contributed by atoms with E-state index in [2.05, 4.69) is 29.5 Å². The van der Waals surface area contributed by atoms with E-state index in [4.69, 9.17) is 4.74 Å². The summed E-state index contributed by atoms with van der Waals surface area (Å²) in [6.45, 7) is 3.91. The predicted molar refractivity (Wildman–Crippen MR) is 81.6 cm³/mol. The summed E-state index contributed by atoms with van der Waals surface area (Å²) in [5.41, 5.74) is 2.39. The number of fused-ring (bicyclic) bond motifs is 3. The van der Waals surface area contributed by atoms with Gasteiger partial charge in [-0.25, -0.2) is 0 Å². The number of halogens is 2. The Balaban J connectivity index is 0.000000902. The van der Waals surface area contributed by atoms with Gasteiger partial charge in [0.05, 0.1) is 11.7 Å². The molecule has 4 nitrogen and oxygen atoms in total. The van der Waals surface area contributed by atoms with Crippen molar-refractivity contribution in [1.29, 1.82) is 0 Å². The fraction of sp³-hybridized carbons (Fsp3) is 0.462. The molecule has 1 aromatic carbocycles. The second kappa shape index (κ2) is 6.46. The molecule has 2 heterocycles. The maximum absolute atomic E-state index is 6.03. The summed E-state index contributed by atoms with van der Waals surface area (Å²) in [5.74, 6) is 0.998. The molecule has 1 aromatic heterocycles. The van der Waals surface area contributed by atoms with Gasteiger partial charge in [0, 0.05) is 31.1 Å². The molecular formula is C13H19Cl2N3O. The SMILES string of the molecule is CC[C@@H]1CNCc2c(ccc3cnn(C)c23)O1.Cl.Cl. The number of rotatable bonds is 1. The van der Waals surface area contributed by atoms with Crippen molar-refractivity contribution in [1.82, 2.24) is 15.1 Å². The van der Waals surface area contributed by atoms with E-state index in [0.29, 0.717) is 0 Å². The van der Waals surface area contributed by atoms with E-state index in [0.717, 1.165) is 25.3 Å². The molecule has 0 spiro atoms. The van der Waals surface area contributed by atoms with E-state index in [9.17, 15) is 0 Å². The molecule has 0 bridgehead atoms. The van der Waals surface area contributed by atoms with Crippen molar-refractivity contribution in [2.75, 3.05) is 6.54 Å². The van der Waals surface area contributed by atoms with Crippen LogP contribution in [0, 0.1) is 0 Å². The summed E-state index contributed by atoms with van der Waals surface area (Å²) in [5, 5.41) is 8.93. The van der Waals surface area contributed by atoms with Gasteiger partial charge >= 0.3 is 0 Å². The number of aryl methyl sites for hydroxylation is 1. The standard InChI is InChI=1S/C13H17N3O.2ClH/c1-3-10-7-14-8-11-12(17-10)5-4-9-6-15-16(2)13(9)11;;/h4-6,10,14H,3,7-8H2,1-2H3;2*1H/t10-;;/m1../s1. The van der Waals surface area contributed by atoms with Gasteiger partial charge in [0.25, 0.3) is 0 Å². The van der Waals surface area contributed by atoms with Crippen LogP contribution in [0.15, 0.2) is 18.3 Å². The Bertz CT molecular complexity index is 556. The molecule has 0 aliphatic carbocycles. The van der Waals surface area contributed by atoms with Crippen LogP contribution in [-0.4, -0.2) is 22.4 Å². The smallest absolute Gasteiger partial charge is 0.126 e. The number of nitrogens with zero attached hydrogens (tertiary/aromatic N) is 2. The van der Waals surface area contributed by atoms with Crippen molar-refractivity contribution in [3.63, 3.8) is 0 Å². The third-order valence-corrected chi connectivity index (χ3v) is 3.39. The van der Waals surface area contributed by atoms with Crippen molar-refractivity contribution in [2.24, 2.45) is 7.05 Å². The zero-order valence-electron chi connectivity index (χ0n) is 11.0. The molecule has 1 N–H and O–H groups in total. The van der Waals surface area contributed by atoms with Gasteiger partial charge in [0.2, 0.25) is 0 Å². The number of benzene rings is 1. The first kappa shape index (κ1) is 16.1. The molecule has 1 aliphatic heterocycles. The Morgan fingerprint density at radius 1 is 1.42 bits per heavy atom. The Hall–Kier alpha value is -0.970. The molecule has 3 rings (SSSR count). The summed E-state index contributed by atoms with van der Waals surface area (Å²) in [6.07, 6.45) is 3.19. The van der Waals surface area contributed by atoms with E-state index < -0.39 is 0 Å². The lowest BCUT2D eigenvalue weighted by Crippen LogP contribution is -2.27. The lowest BCUT2D eigenvalue weighted by Gasteiger charge is -2.15.